The molecule has 2 aromatic rings. The minimum atomic E-state index is -0.0846. The lowest BCUT2D eigenvalue weighted by Crippen LogP contribution is -2.44. The Morgan fingerprint density at radius 2 is 2.00 bits per heavy atom. The van der Waals surface area contributed by atoms with Crippen LogP contribution in [0.25, 0.3) is 17.0 Å². The molecule has 1 aromatic carbocycles. The minimum Gasteiger partial charge on any atom is -0.350 e. The average molecular weight is 339 g/mol. The van der Waals surface area contributed by atoms with Gasteiger partial charge in [-0.2, -0.15) is 0 Å². The van der Waals surface area contributed by atoms with E-state index in [2.05, 4.69) is 16.7 Å². The second-order valence-corrected chi connectivity index (χ2v) is 6.90. The Morgan fingerprint density at radius 3 is 2.76 bits per heavy atom. The van der Waals surface area contributed by atoms with Crippen LogP contribution in [0.2, 0.25) is 0 Å². The van der Waals surface area contributed by atoms with Crippen LogP contribution in [0.15, 0.2) is 36.5 Å². The minimum absolute atomic E-state index is 0.0239. The molecule has 0 unspecified atom stereocenters. The number of hydrogen-bond acceptors (Lipinski definition) is 2. The topological polar surface area (TPSA) is 45.6 Å². The van der Waals surface area contributed by atoms with Crippen molar-refractivity contribution in [2.45, 2.75) is 12.8 Å². The molecule has 0 N–H and O–H groups in total. The van der Waals surface area contributed by atoms with Gasteiger partial charge in [0.25, 0.3) is 0 Å². The Kier molecular flexibility index (Phi) is 4.93. The molecule has 0 aliphatic carbocycles. The fourth-order valence-electron chi connectivity index (χ4n) is 3.52. The second-order valence-electron chi connectivity index (χ2n) is 6.90. The number of carbonyl (C=O) groups is 2. The number of rotatable bonds is 3. The van der Waals surface area contributed by atoms with Crippen molar-refractivity contribution in [3.63, 3.8) is 0 Å². The van der Waals surface area contributed by atoms with Crippen LogP contribution >= 0.6 is 0 Å². The van der Waals surface area contributed by atoms with Crippen molar-refractivity contribution in [1.82, 2.24) is 14.4 Å². The molecular weight excluding hydrogens is 314 g/mol. The molecule has 2 heterocycles. The lowest BCUT2D eigenvalue weighted by atomic mass is 9.96. The molecule has 132 valence electrons. The fourth-order valence-corrected chi connectivity index (χ4v) is 3.52. The lowest BCUT2D eigenvalue weighted by molar-refractivity contribution is -0.137. The Morgan fingerprint density at radius 1 is 1.24 bits per heavy atom. The van der Waals surface area contributed by atoms with Crippen molar-refractivity contribution >= 4 is 28.8 Å². The molecule has 1 aromatic heterocycles. The first-order valence-electron chi connectivity index (χ1n) is 8.69. The highest BCUT2D eigenvalue weighted by Gasteiger charge is 2.28. The fraction of sp³-hybridized carbons (Fsp3) is 0.400. The van der Waals surface area contributed by atoms with E-state index in [1.807, 2.05) is 31.5 Å². The summed E-state index contributed by atoms with van der Waals surface area (Å²) in [7, 11) is 5.54. The van der Waals surface area contributed by atoms with E-state index in [4.69, 9.17) is 0 Å². The van der Waals surface area contributed by atoms with Gasteiger partial charge in [-0.3, -0.25) is 9.59 Å². The Hall–Kier alpha value is -2.56. The molecule has 0 radical (unpaired) electrons. The first-order valence-corrected chi connectivity index (χ1v) is 8.69. The number of piperidine rings is 1. The number of carbonyl (C=O) groups excluding carboxylic acids is 2. The third-order valence-corrected chi connectivity index (χ3v) is 4.86. The number of fused-ring (bicyclic) bond motifs is 1. The molecule has 1 aliphatic heterocycles. The van der Waals surface area contributed by atoms with Crippen molar-refractivity contribution < 1.29 is 9.59 Å². The van der Waals surface area contributed by atoms with Crippen LogP contribution in [-0.2, 0) is 16.6 Å². The van der Waals surface area contributed by atoms with Crippen molar-refractivity contribution in [2.24, 2.45) is 13.0 Å². The highest BCUT2D eigenvalue weighted by atomic mass is 16.2. The van der Waals surface area contributed by atoms with Crippen LogP contribution in [0.1, 0.15) is 18.4 Å². The molecule has 1 aliphatic rings. The van der Waals surface area contributed by atoms with E-state index in [1.165, 1.54) is 0 Å². The van der Waals surface area contributed by atoms with E-state index in [1.54, 1.807) is 30.0 Å². The average Bonchev–Trinajstić information content (AvgIpc) is 2.95. The molecule has 1 saturated heterocycles. The highest BCUT2D eigenvalue weighted by Crippen LogP contribution is 2.22. The predicted molar refractivity (Wildman–Crippen MR) is 100.0 cm³/mol. The van der Waals surface area contributed by atoms with Gasteiger partial charge in [-0.15, -0.1) is 0 Å². The summed E-state index contributed by atoms with van der Waals surface area (Å²) < 4.78 is 2.06. The number of amides is 2. The van der Waals surface area contributed by atoms with Gasteiger partial charge >= 0.3 is 0 Å². The summed E-state index contributed by atoms with van der Waals surface area (Å²) in [6.07, 6.45) is 7.27. The summed E-state index contributed by atoms with van der Waals surface area (Å²) in [5.74, 6) is -0.00150. The molecule has 0 bridgehead atoms. The number of para-hydroxylation sites is 1. The van der Waals surface area contributed by atoms with Crippen LogP contribution in [-0.4, -0.2) is 53.4 Å². The maximum atomic E-state index is 12.6. The molecule has 5 nitrogen and oxygen atoms in total. The summed E-state index contributed by atoms with van der Waals surface area (Å²) in [5, 5.41) is 1.13. The smallest absolute Gasteiger partial charge is 0.246 e. The predicted octanol–water partition coefficient (Wildman–Crippen LogP) is 2.52. The number of benzene rings is 1. The molecule has 0 spiro atoms. The van der Waals surface area contributed by atoms with Gasteiger partial charge in [0.15, 0.2) is 0 Å². The van der Waals surface area contributed by atoms with Crippen LogP contribution in [0.4, 0.5) is 0 Å². The monoisotopic (exact) mass is 339 g/mol. The Labute approximate surface area is 148 Å². The normalized spacial score (nSPS) is 18.0. The first-order chi connectivity index (χ1) is 12.0. The quantitative estimate of drug-likeness (QED) is 0.807. The summed E-state index contributed by atoms with van der Waals surface area (Å²) in [6.45, 7) is 1.23. The third kappa shape index (κ3) is 3.60. The maximum absolute atomic E-state index is 12.6. The Balaban J connectivity index is 1.73. The van der Waals surface area contributed by atoms with Gasteiger partial charge in [-0.25, -0.2) is 0 Å². The highest BCUT2D eigenvalue weighted by molar-refractivity contribution is 5.96. The molecule has 1 fully saturated rings. The van der Waals surface area contributed by atoms with Gasteiger partial charge in [0.1, 0.15) is 0 Å². The summed E-state index contributed by atoms with van der Waals surface area (Å²) >= 11 is 0. The molecule has 1 atom stereocenters. The zero-order valence-electron chi connectivity index (χ0n) is 15.1. The van der Waals surface area contributed by atoms with Crippen molar-refractivity contribution in [3.05, 3.63) is 42.1 Å². The largest absolute Gasteiger partial charge is 0.350 e. The van der Waals surface area contributed by atoms with Crippen LogP contribution < -0.4 is 0 Å². The molecule has 2 amide bonds. The van der Waals surface area contributed by atoms with Crippen molar-refractivity contribution in [3.8, 4) is 0 Å². The van der Waals surface area contributed by atoms with Gasteiger partial charge in [0.2, 0.25) is 11.8 Å². The van der Waals surface area contributed by atoms with Gasteiger partial charge in [-0.1, -0.05) is 18.2 Å². The second kappa shape index (κ2) is 7.13. The molecule has 25 heavy (non-hydrogen) atoms. The number of nitrogens with zero attached hydrogens (tertiary/aromatic N) is 3. The molecular formula is C20H25N3O2. The van der Waals surface area contributed by atoms with E-state index < -0.39 is 0 Å². The molecule has 0 saturated carbocycles. The maximum Gasteiger partial charge on any atom is 0.246 e. The van der Waals surface area contributed by atoms with Gasteiger partial charge < -0.3 is 14.4 Å². The number of aryl methyl sites for hydroxylation is 1. The molecule has 3 rings (SSSR count). The van der Waals surface area contributed by atoms with E-state index in [9.17, 15) is 9.59 Å². The van der Waals surface area contributed by atoms with Crippen molar-refractivity contribution in [2.75, 3.05) is 27.2 Å². The number of hydrogen-bond donors (Lipinski definition) is 0. The van der Waals surface area contributed by atoms with Gasteiger partial charge in [0.05, 0.1) is 5.92 Å². The summed E-state index contributed by atoms with van der Waals surface area (Å²) in [6, 6.07) is 8.14. The van der Waals surface area contributed by atoms with Crippen LogP contribution in [0.3, 0.4) is 0 Å². The molecule has 5 heteroatoms. The zero-order valence-corrected chi connectivity index (χ0v) is 15.1. The third-order valence-electron chi connectivity index (χ3n) is 4.86. The van der Waals surface area contributed by atoms with E-state index in [-0.39, 0.29) is 17.7 Å². The number of aromatic nitrogens is 1. The van der Waals surface area contributed by atoms with Gasteiger partial charge in [0, 0.05) is 63.0 Å². The zero-order chi connectivity index (χ0) is 18.0. The van der Waals surface area contributed by atoms with Crippen molar-refractivity contribution in [1.29, 1.82) is 0 Å². The van der Waals surface area contributed by atoms with E-state index >= 15 is 0 Å². The summed E-state index contributed by atoms with van der Waals surface area (Å²) in [5.41, 5.74) is 2.17. The van der Waals surface area contributed by atoms with Crippen LogP contribution in [0.5, 0.6) is 0 Å². The Bertz CT molecular complexity index is 819. The summed E-state index contributed by atoms with van der Waals surface area (Å²) in [4.78, 5) is 28.1. The standard InChI is InChI=1S/C20H25N3O2/c1-21(2)20(25)16-7-6-12-23(14-16)19(24)11-10-15-13-22(3)18-9-5-4-8-17(15)18/h4-5,8-11,13,16H,6-7,12,14H2,1-3H3/b11-10+/t16-/m1/s1. The SMILES string of the molecule is CN(C)C(=O)[C@@H]1CCCN(C(=O)/C=C/c2cn(C)c3ccccc23)C1. The first kappa shape index (κ1) is 17.3. The van der Waals surface area contributed by atoms with E-state index in [0.717, 1.165) is 35.9 Å². The van der Waals surface area contributed by atoms with E-state index in [0.29, 0.717) is 6.54 Å². The lowest BCUT2D eigenvalue weighted by Gasteiger charge is -2.32. The van der Waals surface area contributed by atoms with Gasteiger partial charge in [-0.05, 0) is 25.0 Å². The van der Waals surface area contributed by atoms with Crippen LogP contribution in [0, 0.1) is 5.92 Å². The number of likely N-dealkylation sites (tertiary alicyclic amines) is 1.